The van der Waals surface area contributed by atoms with Crippen molar-refractivity contribution in [3.63, 3.8) is 0 Å². The average molecular weight is 544 g/mol. The van der Waals surface area contributed by atoms with E-state index in [0.717, 1.165) is 6.07 Å². The van der Waals surface area contributed by atoms with Gasteiger partial charge in [-0.15, -0.1) is 0 Å². The number of nitrogens with one attached hydrogen (secondary N) is 1. The number of carbonyl (C=O) groups is 3. The highest BCUT2D eigenvalue weighted by atomic mass is 16.6. The van der Waals surface area contributed by atoms with E-state index in [1.807, 2.05) is 0 Å². The SMILES string of the molecule is CO[C@H]1CC(C)=Cc2c(N)c(O)cc(c2O)NC(=O)C(C)=CC=C[C@H](OC)[C@@H](OC(N)=O)C(C)C=C(C)C1=O. The number of hydrogen-bond acceptors (Lipinski definition) is 9. The molecule has 0 saturated carbocycles. The Bertz CT molecular complexity index is 1230. The standard InChI is InChI=1S/C28H37N3O8/c1-14-10-18-23(29)20(32)13-19(25(18)34)31-27(35)15(2)8-7-9-21(37-5)26(39-28(30)36)17(4)12-16(3)24(33)22(11-14)38-6/h7-10,12-13,17,21-22,26,32,34H,11,29H2,1-6H3,(H2,30,36)(H,31,35)/t17?,21-,22-,26-/m0/s1. The van der Waals surface area contributed by atoms with Gasteiger partial charge < -0.3 is 41.2 Å². The molecule has 1 unspecified atom stereocenters. The number of carbonyl (C=O) groups excluding carboxylic acids is 3. The molecule has 1 aromatic rings. The number of benzene rings is 1. The topological polar surface area (TPSA) is 183 Å². The fourth-order valence-electron chi connectivity index (χ4n) is 4.18. The molecule has 0 fully saturated rings. The summed E-state index contributed by atoms with van der Waals surface area (Å²) in [4.78, 5) is 37.7. The Labute approximate surface area is 227 Å². The fraction of sp³-hybridized carbons (Fsp3) is 0.393. The first-order valence-electron chi connectivity index (χ1n) is 12.2. The average Bonchev–Trinajstić information content (AvgIpc) is 2.88. The van der Waals surface area contributed by atoms with Crippen LogP contribution in [-0.2, 0) is 23.8 Å². The molecular weight excluding hydrogens is 506 g/mol. The van der Waals surface area contributed by atoms with E-state index in [1.165, 1.54) is 26.4 Å². The number of nitrogen functional groups attached to an aromatic ring is 1. The van der Waals surface area contributed by atoms with E-state index >= 15 is 0 Å². The van der Waals surface area contributed by atoms with Crippen LogP contribution in [0.5, 0.6) is 11.5 Å². The van der Waals surface area contributed by atoms with Gasteiger partial charge in [-0.3, -0.25) is 9.59 Å². The molecule has 2 amide bonds. The summed E-state index contributed by atoms with van der Waals surface area (Å²) in [6, 6.07) is 1.14. The number of hydrogen-bond donors (Lipinski definition) is 5. The van der Waals surface area contributed by atoms with Crippen molar-refractivity contribution in [2.45, 2.75) is 52.4 Å². The Kier molecular flexibility index (Phi) is 10.9. The van der Waals surface area contributed by atoms with E-state index in [1.54, 1.807) is 45.9 Å². The lowest BCUT2D eigenvalue weighted by molar-refractivity contribution is -0.124. The number of phenolic OH excluding ortho intramolecular Hbond substituents is 2. The lowest BCUT2D eigenvalue weighted by Crippen LogP contribution is -2.38. The second-order valence-electron chi connectivity index (χ2n) is 9.40. The molecule has 11 nitrogen and oxygen atoms in total. The zero-order chi connectivity index (χ0) is 29.4. The Morgan fingerprint density at radius 1 is 1.10 bits per heavy atom. The van der Waals surface area contributed by atoms with Crippen LogP contribution in [0, 0.1) is 5.92 Å². The number of ketones is 1. The smallest absolute Gasteiger partial charge is 0.404 e. The Balaban J connectivity index is 2.70. The number of anilines is 2. The summed E-state index contributed by atoms with van der Waals surface area (Å²) in [5.74, 6) is -2.06. The van der Waals surface area contributed by atoms with Crippen LogP contribution in [0.25, 0.3) is 6.08 Å². The van der Waals surface area contributed by atoms with Gasteiger partial charge in [-0.2, -0.15) is 0 Å². The summed E-state index contributed by atoms with van der Waals surface area (Å²) in [6.45, 7) is 6.63. The maximum Gasteiger partial charge on any atom is 0.404 e. The Morgan fingerprint density at radius 2 is 1.77 bits per heavy atom. The van der Waals surface area contributed by atoms with Crippen LogP contribution in [0.4, 0.5) is 16.2 Å². The van der Waals surface area contributed by atoms with E-state index in [2.05, 4.69) is 5.32 Å². The molecule has 0 aromatic heterocycles. The molecule has 0 aliphatic carbocycles. The number of ether oxygens (including phenoxy) is 3. The summed E-state index contributed by atoms with van der Waals surface area (Å²) in [5.41, 5.74) is 12.5. The summed E-state index contributed by atoms with van der Waals surface area (Å²) >= 11 is 0. The maximum absolute atomic E-state index is 13.3. The number of allylic oxidation sites excluding steroid dienone is 2. The molecule has 4 atom stereocenters. The van der Waals surface area contributed by atoms with Crippen molar-refractivity contribution in [1.82, 2.24) is 0 Å². The predicted molar refractivity (Wildman–Crippen MR) is 148 cm³/mol. The van der Waals surface area contributed by atoms with Crippen LogP contribution in [0.3, 0.4) is 0 Å². The normalized spacial score (nSPS) is 23.4. The molecule has 1 heterocycles. The number of amides is 2. The van der Waals surface area contributed by atoms with Crippen molar-refractivity contribution in [2.24, 2.45) is 11.7 Å². The molecule has 1 aromatic carbocycles. The minimum atomic E-state index is -1.01. The summed E-state index contributed by atoms with van der Waals surface area (Å²) in [7, 11) is 2.82. The van der Waals surface area contributed by atoms with Crippen molar-refractivity contribution in [3.05, 3.63) is 52.7 Å². The van der Waals surface area contributed by atoms with Gasteiger partial charge in [0.25, 0.3) is 5.91 Å². The van der Waals surface area contributed by atoms with Crippen LogP contribution < -0.4 is 16.8 Å². The van der Waals surface area contributed by atoms with Crippen LogP contribution in [0.2, 0.25) is 0 Å². The molecular formula is C28H37N3O8. The second-order valence-corrected chi connectivity index (χ2v) is 9.40. The summed E-state index contributed by atoms with van der Waals surface area (Å²) in [5, 5.41) is 23.8. The minimum absolute atomic E-state index is 0.0583. The molecule has 39 heavy (non-hydrogen) atoms. The predicted octanol–water partition coefficient (Wildman–Crippen LogP) is 3.57. The van der Waals surface area contributed by atoms with E-state index in [4.69, 9.17) is 25.7 Å². The van der Waals surface area contributed by atoms with Crippen molar-refractivity contribution in [1.29, 1.82) is 0 Å². The lowest BCUT2D eigenvalue weighted by Gasteiger charge is -2.27. The number of nitrogens with two attached hydrogens (primary N) is 2. The molecule has 11 heteroatoms. The van der Waals surface area contributed by atoms with Gasteiger partial charge in [0.1, 0.15) is 29.8 Å². The lowest BCUT2D eigenvalue weighted by atomic mass is 9.93. The third-order valence-electron chi connectivity index (χ3n) is 6.35. The molecule has 1 aliphatic rings. The van der Waals surface area contributed by atoms with Gasteiger partial charge >= 0.3 is 6.09 Å². The quantitative estimate of drug-likeness (QED) is 0.216. The number of fused-ring (bicyclic) bond motifs is 2. The third kappa shape index (κ3) is 7.95. The molecule has 212 valence electrons. The van der Waals surface area contributed by atoms with E-state index in [9.17, 15) is 24.6 Å². The first-order valence-corrected chi connectivity index (χ1v) is 12.2. The van der Waals surface area contributed by atoms with Gasteiger partial charge in [-0.1, -0.05) is 36.8 Å². The minimum Gasteiger partial charge on any atom is -0.506 e. The number of phenols is 2. The summed E-state index contributed by atoms with van der Waals surface area (Å²) < 4.78 is 16.3. The number of aromatic hydroxyl groups is 2. The van der Waals surface area contributed by atoms with Crippen LogP contribution >= 0.6 is 0 Å². The van der Waals surface area contributed by atoms with Crippen molar-refractivity contribution >= 4 is 35.2 Å². The Morgan fingerprint density at radius 3 is 2.36 bits per heavy atom. The first kappa shape index (κ1) is 31.1. The number of Topliss-reactive ketones (excluding diaryl/α,β-unsaturated/α-hetero) is 1. The zero-order valence-corrected chi connectivity index (χ0v) is 23.0. The van der Waals surface area contributed by atoms with Crippen molar-refractivity contribution < 1.29 is 38.8 Å². The number of methoxy groups -OCH3 is 2. The van der Waals surface area contributed by atoms with Gasteiger partial charge in [0.05, 0.1) is 11.4 Å². The maximum atomic E-state index is 13.3. The molecule has 1 aliphatic heterocycles. The first-order chi connectivity index (χ1) is 18.3. The van der Waals surface area contributed by atoms with E-state index in [-0.39, 0.29) is 46.2 Å². The zero-order valence-electron chi connectivity index (χ0n) is 23.0. The molecule has 0 radical (unpaired) electrons. The van der Waals surface area contributed by atoms with Gasteiger partial charge in [0.2, 0.25) is 0 Å². The molecule has 2 rings (SSSR count). The number of primary amides is 1. The van der Waals surface area contributed by atoms with Crippen LogP contribution in [0.15, 0.2) is 47.1 Å². The summed E-state index contributed by atoms with van der Waals surface area (Å²) in [6.07, 6.45) is 4.36. The van der Waals surface area contributed by atoms with E-state index in [0.29, 0.717) is 11.1 Å². The monoisotopic (exact) mass is 543 g/mol. The highest BCUT2D eigenvalue weighted by Gasteiger charge is 2.29. The fourth-order valence-corrected chi connectivity index (χ4v) is 4.18. The molecule has 7 N–H and O–H groups in total. The largest absolute Gasteiger partial charge is 0.506 e. The van der Waals surface area contributed by atoms with Gasteiger partial charge in [0, 0.05) is 43.8 Å². The van der Waals surface area contributed by atoms with Crippen molar-refractivity contribution in [3.8, 4) is 11.5 Å². The van der Waals surface area contributed by atoms with Crippen LogP contribution in [0.1, 0.15) is 39.7 Å². The van der Waals surface area contributed by atoms with Gasteiger partial charge in [-0.25, -0.2) is 4.79 Å². The highest BCUT2D eigenvalue weighted by molar-refractivity contribution is 6.05. The molecule has 2 bridgehead atoms. The number of rotatable bonds is 3. The van der Waals surface area contributed by atoms with Gasteiger partial charge in [-0.05, 0) is 32.4 Å². The second kappa shape index (κ2) is 13.6. The third-order valence-corrected chi connectivity index (χ3v) is 6.35. The van der Waals surface area contributed by atoms with Crippen molar-refractivity contribution in [2.75, 3.05) is 25.3 Å². The van der Waals surface area contributed by atoms with E-state index < -0.39 is 36.2 Å². The highest BCUT2D eigenvalue weighted by Crippen LogP contribution is 2.40. The Hall–Kier alpha value is -4.09. The van der Waals surface area contributed by atoms with Gasteiger partial charge in [0.15, 0.2) is 5.78 Å². The molecule has 0 spiro atoms. The molecule has 0 saturated heterocycles. The van der Waals surface area contributed by atoms with Crippen LogP contribution in [-0.4, -0.2) is 60.5 Å².